The zero-order chi connectivity index (χ0) is 19.4. The maximum Gasteiger partial charge on any atom is 0.275 e. The third kappa shape index (κ3) is 4.64. The number of sulfone groups is 1. The lowest BCUT2D eigenvalue weighted by Crippen LogP contribution is -2.22. The van der Waals surface area contributed by atoms with Crippen molar-refractivity contribution in [2.75, 3.05) is 36.4 Å². The number of rotatable bonds is 6. The van der Waals surface area contributed by atoms with Crippen molar-refractivity contribution < 1.29 is 22.7 Å². The Morgan fingerprint density at radius 2 is 2.00 bits per heavy atom. The minimum absolute atomic E-state index is 0.0776. The largest absolute Gasteiger partial charge is 0.497 e. The van der Waals surface area contributed by atoms with Crippen LogP contribution < -0.4 is 20.1 Å². The van der Waals surface area contributed by atoms with E-state index in [1.807, 2.05) is 0 Å². The van der Waals surface area contributed by atoms with E-state index in [2.05, 4.69) is 20.6 Å². The van der Waals surface area contributed by atoms with Gasteiger partial charge in [0.25, 0.3) is 5.91 Å². The van der Waals surface area contributed by atoms with E-state index in [0.29, 0.717) is 29.4 Å². The molecule has 1 unspecified atom stereocenters. The van der Waals surface area contributed by atoms with Gasteiger partial charge in [0.1, 0.15) is 23.0 Å². The van der Waals surface area contributed by atoms with Crippen molar-refractivity contribution >= 4 is 27.2 Å². The van der Waals surface area contributed by atoms with Crippen LogP contribution in [-0.2, 0) is 9.84 Å². The molecule has 2 heterocycles. The highest BCUT2D eigenvalue weighted by Crippen LogP contribution is 2.29. The first kappa shape index (κ1) is 18.9. The van der Waals surface area contributed by atoms with E-state index in [1.165, 1.54) is 19.5 Å². The van der Waals surface area contributed by atoms with Crippen LogP contribution in [0.25, 0.3) is 0 Å². The molecule has 0 aliphatic carbocycles. The average Bonchev–Trinajstić information content (AvgIpc) is 3.00. The van der Waals surface area contributed by atoms with Crippen molar-refractivity contribution in [2.24, 2.45) is 0 Å². The molecule has 0 bridgehead atoms. The van der Waals surface area contributed by atoms with Crippen LogP contribution >= 0.6 is 0 Å². The molecule has 1 saturated heterocycles. The van der Waals surface area contributed by atoms with Crippen LogP contribution in [-0.4, -0.2) is 56.1 Å². The summed E-state index contributed by atoms with van der Waals surface area (Å²) < 4.78 is 33.4. The molecule has 1 fully saturated rings. The second-order valence-electron chi connectivity index (χ2n) is 6.05. The van der Waals surface area contributed by atoms with Crippen LogP contribution in [0.1, 0.15) is 16.9 Å². The number of carbonyl (C=O) groups excluding carboxylic acids is 1. The van der Waals surface area contributed by atoms with Gasteiger partial charge in [-0.25, -0.2) is 18.4 Å². The standard InChI is InChI=1S/C17H20N4O5S/c1-25-12-3-4-13(15(7-12)26-2)21-17(22)14-8-19-16(9-18-14)20-11-5-6-27(23,24)10-11/h3-4,7-9,11H,5-6,10H2,1-2H3,(H,19,20)(H,21,22). The molecule has 0 saturated carbocycles. The Bertz CT molecular complexity index is 931. The maximum absolute atomic E-state index is 12.4. The number of aromatic nitrogens is 2. The number of hydrogen-bond donors (Lipinski definition) is 2. The molecule has 2 N–H and O–H groups in total. The molecule has 0 radical (unpaired) electrons. The first-order valence-corrected chi connectivity index (χ1v) is 10.0. The normalized spacial score (nSPS) is 17.9. The smallest absolute Gasteiger partial charge is 0.275 e. The number of carbonyl (C=O) groups is 1. The molecule has 1 aliphatic heterocycles. The minimum Gasteiger partial charge on any atom is -0.497 e. The van der Waals surface area contributed by atoms with Gasteiger partial charge in [0.2, 0.25) is 0 Å². The van der Waals surface area contributed by atoms with E-state index in [-0.39, 0.29) is 23.2 Å². The third-order valence-corrected chi connectivity index (χ3v) is 5.89. The quantitative estimate of drug-likeness (QED) is 0.756. The van der Waals surface area contributed by atoms with E-state index in [4.69, 9.17) is 9.47 Å². The predicted molar refractivity (Wildman–Crippen MR) is 100 cm³/mol. The van der Waals surface area contributed by atoms with Gasteiger partial charge >= 0.3 is 0 Å². The molecule has 9 nitrogen and oxygen atoms in total. The van der Waals surface area contributed by atoms with Gasteiger partial charge in [0.05, 0.1) is 43.8 Å². The molecular weight excluding hydrogens is 372 g/mol. The minimum atomic E-state index is -2.98. The Morgan fingerprint density at radius 3 is 2.59 bits per heavy atom. The Labute approximate surface area is 157 Å². The van der Waals surface area contributed by atoms with Crippen LogP contribution in [0, 0.1) is 0 Å². The maximum atomic E-state index is 12.4. The number of amides is 1. The molecule has 2 aromatic rings. The number of anilines is 2. The van der Waals surface area contributed by atoms with Gasteiger partial charge in [-0.3, -0.25) is 4.79 Å². The van der Waals surface area contributed by atoms with Crippen LogP contribution in [0.2, 0.25) is 0 Å². The number of nitrogens with zero attached hydrogens (tertiary/aromatic N) is 2. The van der Waals surface area contributed by atoms with Crippen LogP contribution in [0.3, 0.4) is 0 Å². The summed E-state index contributed by atoms with van der Waals surface area (Å²) in [6, 6.07) is 4.84. The fraction of sp³-hybridized carbons (Fsp3) is 0.353. The van der Waals surface area contributed by atoms with Crippen molar-refractivity contribution in [1.29, 1.82) is 0 Å². The highest BCUT2D eigenvalue weighted by atomic mass is 32.2. The summed E-state index contributed by atoms with van der Waals surface area (Å²) in [6.45, 7) is 0. The SMILES string of the molecule is COc1ccc(NC(=O)c2cnc(NC3CCS(=O)(=O)C3)cn2)c(OC)c1. The number of nitrogens with one attached hydrogen (secondary N) is 2. The molecule has 1 amide bonds. The van der Waals surface area contributed by atoms with Crippen molar-refractivity contribution in [3.63, 3.8) is 0 Å². The number of hydrogen-bond acceptors (Lipinski definition) is 8. The summed E-state index contributed by atoms with van der Waals surface area (Å²) in [6.07, 6.45) is 3.27. The molecule has 27 heavy (non-hydrogen) atoms. The van der Waals surface area contributed by atoms with Crippen LogP contribution in [0.5, 0.6) is 11.5 Å². The summed E-state index contributed by atoms with van der Waals surface area (Å²) >= 11 is 0. The van der Waals surface area contributed by atoms with Gasteiger partial charge in [-0.05, 0) is 18.6 Å². The Balaban J connectivity index is 1.66. The molecule has 1 aromatic carbocycles. The first-order chi connectivity index (χ1) is 12.9. The number of ether oxygens (including phenoxy) is 2. The summed E-state index contributed by atoms with van der Waals surface area (Å²) in [5, 5.41) is 5.74. The predicted octanol–water partition coefficient (Wildman–Crippen LogP) is 1.35. The molecule has 1 aromatic heterocycles. The topological polar surface area (TPSA) is 120 Å². The van der Waals surface area contributed by atoms with E-state index >= 15 is 0 Å². The molecule has 144 valence electrons. The highest BCUT2D eigenvalue weighted by Gasteiger charge is 2.28. The van der Waals surface area contributed by atoms with Gasteiger partial charge in [-0.15, -0.1) is 0 Å². The molecule has 1 atom stereocenters. The van der Waals surface area contributed by atoms with Crippen molar-refractivity contribution in [2.45, 2.75) is 12.5 Å². The lowest BCUT2D eigenvalue weighted by molar-refractivity contribution is 0.102. The lowest BCUT2D eigenvalue weighted by atomic mass is 10.2. The van der Waals surface area contributed by atoms with Crippen LogP contribution in [0.15, 0.2) is 30.6 Å². The van der Waals surface area contributed by atoms with Gasteiger partial charge in [0, 0.05) is 12.1 Å². The summed E-state index contributed by atoms with van der Waals surface area (Å²) in [5.41, 5.74) is 0.598. The van der Waals surface area contributed by atoms with E-state index in [9.17, 15) is 13.2 Å². The van der Waals surface area contributed by atoms with E-state index in [1.54, 1.807) is 25.3 Å². The molecule has 0 spiro atoms. The fourth-order valence-electron chi connectivity index (χ4n) is 2.73. The van der Waals surface area contributed by atoms with Gasteiger partial charge in [-0.1, -0.05) is 0 Å². The Morgan fingerprint density at radius 1 is 1.19 bits per heavy atom. The van der Waals surface area contributed by atoms with Crippen molar-refractivity contribution in [3.05, 3.63) is 36.3 Å². The molecular formula is C17H20N4O5S. The van der Waals surface area contributed by atoms with Gasteiger partial charge < -0.3 is 20.1 Å². The second kappa shape index (κ2) is 7.78. The summed E-state index contributed by atoms with van der Waals surface area (Å²) in [5.74, 6) is 1.29. The third-order valence-electron chi connectivity index (χ3n) is 4.13. The summed E-state index contributed by atoms with van der Waals surface area (Å²) in [7, 11) is 0.0558. The van der Waals surface area contributed by atoms with Gasteiger partial charge in [-0.2, -0.15) is 0 Å². The molecule has 3 rings (SSSR count). The zero-order valence-electron chi connectivity index (χ0n) is 14.9. The average molecular weight is 392 g/mol. The Hall–Kier alpha value is -2.88. The second-order valence-corrected chi connectivity index (χ2v) is 8.28. The van der Waals surface area contributed by atoms with Crippen LogP contribution in [0.4, 0.5) is 11.5 Å². The fourth-order valence-corrected chi connectivity index (χ4v) is 4.40. The number of benzene rings is 1. The Kier molecular flexibility index (Phi) is 5.45. The van der Waals surface area contributed by atoms with Crippen molar-refractivity contribution in [1.82, 2.24) is 9.97 Å². The van der Waals surface area contributed by atoms with E-state index in [0.717, 1.165) is 0 Å². The molecule has 1 aliphatic rings. The first-order valence-electron chi connectivity index (χ1n) is 8.22. The zero-order valence-corrected chi connectivity index (χ0v) is 15.7. The highest BCUT2D eigenvalue weighted by molar-refractivity contribution is 7.91. The number of methoxy groups -OCH3 is 2. The summed E-state index contributed by atoms with van der Waals surface area (Å²) in [4.78, 5) is 20.6. The van der Waals surface area contributed by atoms with Gasteiger partial charge in [0.15, 0.2) is 9.84 Å². The molecule has 10 heteroatoms. The monoisotopic (exact) mass is 392 g/mol. The van der Waals surface area contributed by atoms with Crippen molar-refractivity contribution in [3.8, 4) is 11.5 Å². The lowest BCUT2D eigenvalue weighted by Gasteiger charge is -2.12. The van der Waals surface area contributed by atoms with E-state index < -0.39 is 15.7 Å².